The predicted octanol–water partition coefficient (Wildman–Crippen LogP) is 3.65. The molecule has 2 heterocycles. The van der Waals surface area contributed by atoms with Crippen LogP contribution in [-0.4, -0.2) is 34.2 Å². The van der Waals surface area contributed by atoms with Crippen molar-refractivity contribution in [3.8, 4) is 11.4 Å². The van der Waals surface area contributed by atoms with Crippen LogP contribution in [0.3, 0.4) is 0 Å². The third-order valence-electron chi connectivity index (χ3n) is 3.85. The lowest BCUT2D eigenvalue weighted by Crippen LogP contribution is -2.39. The summed E-state index contributed by atoms with van der Waals surface area (Å²) < 4.78 is 5.40. The van der Waals surface area contributed by atoms with Crippen molar-refractivity contribution in [2.75, 3.05) is 13.1 Å². The van der Waals surface area contributed by atoms with E-state index in [9.17, 15) is 4.79 Å². The fourth-order valence-electron chi connectivity index (χ4n) is 2.72. The number of benzene rings is 1. The monoisotopic (exact) mass is 334 g/mol. The van der Waals surface area contributed by atoms with Gasteiger partial charge >= 0.3 is 6.03 Å². The van der Waals surface area contributed by atoms with Crippen LogP contribution in [0.2, 0.25) is 5.02 Å². The van der Waals surface area contributed by atoms with Crippen LogP contribution in [0.4, 0.5) is 4.79 Å². The minimum atomic E-state index is -0.160. The number of amides is 2. The first-order chi connectivity index (χ1) is 11.2. The first-order valence-electron chi connectivity index (χ1n) is 7.83. The van der Waals surface area contributed by atoms with Gasteiger partial charge in [0.1, 0.15) is 6.04 Å². The lowest BCUT2D eigenvalue weighted by atomic mass is 10.2. The van der Waals surface area contributed by atoms with Crippen molar-refractivity contribution < 1.29 is 9.32 Å². The number of nitrogens with one attached hydrogen (secondary N) is 1. The highest BCUT2D eigenvalue weighted by atomic mass is 35.5. The van der Waals surface area contributed by atoms with E-state index in [1.807, 2.05) is 19.1 Å². The summed E-state index contributed by atoms with van der Waals surface area (Å²) in [7, 11) is 0. The Labute approximate surface area is 139 Å². The molecule has 0 spiro atoms. The van der Waals surface area contributed by atoms with Crippen LogP contribution in [0.5, 0.6) is 0 Å². The summed E-state index contributed by atoms with van der Waals surface area (Å²) in [6.45, 7) is 3.39. The second-order valence-corrected chi connectivity index (χ2v) is 5.99. The maximum atomic E-state index is 12.2. The van der Waals surface area contributed by atoms with Gasteiger partial charge < -0.3 is 14.7 Å². The zero-order valence-electron chi connectivity index (χ0n) is 13.0. The Morgan fingerprint density at radius 1 is 1.52 bits per heavy atom. The lowest BCUT2D eigenvalue weighted by molar-refractivity contribution is 0.180. The molecule has 2 aromatic rings. The SMILES string of the molecule is CCCNC(=O)N1CCC[C@@H]1c1nc(-c2cccc(Cl)c2)no1. The Morgan fingerprint density at radius 3 is 3.17 bits per heavy atom. The number of nitrogens with zero attached hydrogens (tertiary/aromatic N) is 3. The lowest BCUT2D eigenvalue weighted by Gasteiger charge is -2.22. The Bertz CT molecular complexity index is 688. The molecule has 0 saturated carbocycles. The number of likely N-dealkylation sites (tertiary alicyclic amines) is 1. The van der Waals surface area contributed by atoms with E-state index in [-0.39, 0.29) is 12.1 Å². The van der Waals surface area contributed by atoms with Crippen LogP contribution in [0.25, 0.3) is 11.4 Å². The molecule has 0 radical (unpaired) electrons. The largest absolute Gasteiger partial charge is 0.338 e. The van der Waals surface area contributed by atoms with Crippen molar-refractivity contribution in [1.29, 1.82) is 0 Å². The number of urea groups is 1. The van der Waals surface area contributed by atoms with Crippen LogP contribution in [0, 0.1) is 0 Å². The number of hydrogen-bond acceptors (Lipinski definition) is 4. The second-order valence-electron chi connectivity index (χ2n) is 5.55. The minimum Gasteiger partial charge on any atom is -0.338 e. The van der Waals surface area contributed by atoms with Crippen LogP contribution in [-0.2, 0) is 0 Å². The summed E-state index contributed by atoms with van der Waals surface area (Å²) in [4.78, 5) is 18.4. The van der Waals surface area contributed by atoms with Gasteiger partial charge in [0, 0.05) is 23.7 Å². The summed E-state index contributed by atoms with van der Waals surface area (Å²) in [5, 5.41) is 7.55. The van der Waals surface area contributed by atoms with Gasteiger partial charge in [0.2, 0.25) is 11.7 Å². The summed E-state index contributed by atoms with van der Waals surface area (Å²) in [6.07, 6.45) is 2.67. The third-order valence-corrected chi connectivity index (χ3v) is 4.08. The molecule has 1 N–H and O–H groups in total. The van der Waals surface area contributed by atoms with Crippen molar-refractivity contribution in [3.05, 3.63) is 35.2 Å². The molecule has 2 amide bonds. The van der Waals surface area contributed by atoms with Gasteiger partial charge in [0.25, 0.3) is 0 Å². The summed E-state index contributed by atoms with van der Waals surface area (Å²) in [5.41, 5.74) is 0.799. The number of halogens is 1. The predicted molar refractivity (Wildman–Crippen MR) is 87.1 cm³/mol. The fourth-order valence-corrected chi connectivity index (χ4v) is 2.91. The van der Waals surface area contributed by atoms with Crippen molar-refractivity contribution in [2.45, 2.75) is 32.2 Å². The van der Waals surface area contributed by atoms with Gasteiger partial charge in [-0.15, -0.1) is 0 Å². The average Bonchev–Trinajstić information content (AvgIpc) is 3.21. The minimum absolute atomic E-state index is 0.0724. The highest BCUT2D eigenvalue weighted by Gasteiger charge is 2.34. The van der Waals surface area contributed by atoms with Gasteiger partial charge in [-0.3, -0.25) is 0 Å². The van der Waals surface area contributed by atoms with Crippen molar-refractivity contribution >= 4 is 17.6 Å². The van der Waals surface area contributed by atoms with E-state index in [1.54, 1.807) is 17.0 Å². The standard InChI is InChI=1S/C16H19ClN4O2/c1-2-8-18-16(22)21-9-4-7-13(21)15-19-14(20-23-15)11-5-3-6-12(17)10-11/h3,5-6,10,13H,2,4,7-9H2,1H3,(H,18,22)/t13-/m1/s1. The number of carbonyl (C=O) groups excluding carboxylic acids is 1. The number of rotatable bonds is 4. The Hall–Kier alpha value is -2.08. The van der Waals surface area contributed by atoms with Gasteiger partial charge in [-0.2, -0.15) is 4.98 Å². The third kappa shape index (κ3) is 3.47. The molecule has 6 nitrogen and oxygen atoms in total. The topological polar surface area (TPSA) is 71.3 Å². The molecule has 1 fully saturated rings. The molecule has 1 atom stereocenters. The van der Waals surface area contributed by atoms with E-state index < -0.39 is 0 Å². The highest BCUT2D eigenvalue weighted by Crippen LogP contribution is 2.32. The van der Waals surface area contributed by atoms with E-state index in [1.165, 1.54) is 0 Å². The van der Waals surface area contributed by atoms with Crippen molar-refractivity contribution in [2.24, 2.45) is 0 Å². The molecule has 0 unspecified atom stereocenters. The van der Waals surface area contributed by atoms with Gasteiger partial charge in [-0.25, -0.2) is 4.79 Å². The van der Waals surface area contributed by atoms with Gasteiger partial charge in [0.05, 0.1) is 0 Å². The molecule has 0 aliphatic carbocycles. The zero-order chi connectivity index (χ0) is 16.2. The quantitative estimate of drug-likeness (QED) is 0.926. The van der Waals surface area contributed by atoms with E-state index in [0.29, 0.717) is 29.8 Å². The Kier molecular flexibility index (Phi) is 4.81. The van der Waals surface area contributed by atoms with Crippen LogP contribution < -0.4 is 5.32 Å². The maximum absolute atomic E-state index is 12.2. The highest BCUT2D eigenvalue weighted by molar-refractivity contribution is 6.30. The van der Waals surface area contributed by atoms with Gasteiger partial charge in [-0.1, -0.05) is 35.8 Å². The van der Waals surface area contributed by atoms with Gasteiger partial charge in [0.15, 0.2) is 0 Å². The summed E-state index contributed by atoms with van der Waals surface area (Å²) >= 11 is 5.99. The molecule has 7 heteroatoms. The number of aromatic nitrogens is 2. The van der Waals surface area contributed by atoms with Gasteiger partial charge in [-0.05, 0) is 31.4 Å². The molecule has 1 saturated heterocycles. The second kappa shape index (κ2) is 7.00. The normalized spacial score (nSPS) is 17.5. The maximum Gasteiger partial charge on any atom is 0.318 e. The Balaban J connectivity index is 1.78. The zero-order valence-corrected chi connectivity index (χ0v) is 13.7. The van der Waals surface area contributed by atoms with Crippen LogP contribution in [0.15, 0.2) is 28.8 Å². The first kappa shape index (κ1) is 15.8. The van der Waals surface area contributed by atoms with Crippen molar-refractivity contribution in [1.82, 2.24) is 20.4 Å². The van der Waals surface area contributed by atoms with E-state index in [2.05, 4.69) is 15.5 Å². The first-order valence-corrected chi connectivity index (χ1v) is 8.21. The summed E-state index contributed by atoms with van der Waals surface area (Å²) in [6, 6.07) is 7.07. The average molecular weight is 335 g/mol. The van der Waals surface area contributed by atoms with E-state index in [4.69, 9.17) is 16.1 Å². The molecule has 0 bridgehead atoms. The molecule has 1 aliphatic rings. The van der Waals surface area contributed by atoms with E-state index >= 15 is 0 Å². The summed E-state index contributed by atoms with van der Waals surface area (Å²) in [5.74, 6) is 0.965. The van der Waals surface area contributed by atoms with Crippen molar-refractivity contribution in [3.63, 3.8) is 0 Å². The molecule has 1 aliphatic heterocycles. The molecule has 3 rings (SSSR count). The molecule has 23 heavy (non-hydrogen) atoms. The number of hydrogen-bond donors (Lipinski definition) is 1. The molecule has 1 aromatic carbocycles. The molecular formula is C16H19ClN4O2. The van der Waals surface area contributed by atoms with E-state index in [0.717, 1.165) is 24.8 Å². The molecule has 122 valence electrons. The van der Waals surface area contributed by atoms with Crippen LogP contribution in [0.1, 0.15) is 38.1 Å². The molecular weight excluding hydrogens is 316 g/mol. The smallest absolute Gasteiger partial charge is 0.318 e. The molecule has 1 aromatic heterocycles. The number of carbonyl (C=O) groups is 1. The van der Waals surface area contributed by atoms with Crippen LogP contribution >= 0.6 is 11.6 Å². The fraction of sp³-hybridized carbons (Fsp3) is 0.438. The Morgan fingerprint density at radius 2 is 2.39 bits per heavy atom.